The molecule has 3 N–H and O–H groups in total. The lowest BCUT2D eigenvalue weighted by Crippen LogP contribution is -2.23. The van der Waals surface area contributed by atoms with Gasteiger partial charge in [0.05, 0.1) is 27.7 Å². The number of anilines is 1. The molecule has 0 aromatic heterocycles. The van der Waals surface area contributed by atoms with Crippen molar-refractivity contribution >= 4 is 46.2 Å². The van der Waals surface area contributed by atoms with Gasteiger partial charge in [0.2, 0.25) is 0 Å². The first-order valence-corrected chi connectivity index (χ1v) is 8.09. The molecule has 7 nitrogen and oxygen atoms in total. The number of aliphatic hydroxyl groups is 2. The first kappa shape index (κ1) is 19.6. The van der Waals surface area contributed by atoms with Crippen LogP contribution in [-0.2, 0) is 0 Å². The molecule has 1 atom stereocenters. The van der Waals surface area contributed by atoms with Crippen LogP contribution in [0.5, 0.6) is 11.5 Å². The summed E-state index contributed by atoms with van der Waals surface area (Å²) >= 11 is 18.0. The molecule has 0 saturated carbocycles. The van der Waals surface area contributed by atoms with Crippen LogP contribution in [0, 0.1) is 10.1 Å². The minimum absolute atomic E-state index is 0.00370. The van der Waals surface area contributed by atoms with Crippen molar-refractivity contribution in [3.63, 3.8) is 0 Å². The number of nitrogens with one attached hydrogen (secondary N) is 1. The van der Waals surface area contributed by atoms with Crippen molar-refractivity contribution in [1.29, 1.82) is 0 Å². The smallest absolute Gasteiger partial charge is 0.294 e. The van der Waals surface area contributed by atoms with Crippen molar-refractivity contribution in [3.05, 3.63) is 55.5 Å². The molecule has 0 radical (unpaired) electrons. The van der Waals surface area contributed by atoms with E-state index in [1.807, 2.05) is 0 Å². The SMILES string of the molecule is O=[N+]([O-])c1cc(Cl)c(Oc2cccc(Cl)c2Cl)cc1NCC(O)CO. The fourth-order valence-corrected chi connectivity index (χ4v) is 2.41. The van der Waals surface area contributed by atoms with Gasteiger partial charge in [-0.2, -0.15) is 0 Å². The molecule has 2 aromatic carbocycles. The van der Waals surface area contributed by atoms with Gasteiger partial charge in [-0.15, -0.1) is 0 Å². The van der Waals surface area contributed by atoms with Crippen LogP contribution in [0.4, 0.5) is 11.4 Å². The molecule has 0 heterocycles. The molecule has 10 heteroatoms. The number of hydrogen-bond acceptors (Lipinski definition) is 6. The van der Waals surface area contributed by atoms with Crippen molar-refractivity contribution < 1.29 is 19.9 Å². The Kier molecular flexibility index (Phi) is 6.69. The summed E-state index contributed by atoms with van der Waals surface area (Å²) in [5.74, 6) is 0.337. The van der Waals surface area contributed by atoms with Gasteiger partial charge >= 0.3 is 0 Å². The number of nitro benzene ring substituents is 1. The van der Waals surface area contributed by atoms with E-state index in [0.717, 1.165) is 6.07 Å². The van der Waals surface area contributed by atoms with Gasteiger partial charge in [-0.25, -0.2) is 0 Å². The van der Waals surface area contributed by atoms with Crippen LogP contribution in [0.15, 0.2) is 30.3 Å². The summed E-state index contributed by atoms with van der Waals surface area (Å²) in [7, 11) is 0. The lowest BCUT2D eigenvalue weighted by Gasteiger charge is -2.14. The maximum absolute atomic E-state index is 11.2. The Labute approximate surface area is 157 Å². The third kappa shape index (κ3) is 4.87. The van der Waals surface area contributed by atoms with Crippen LogP contribution in [0.3, 0.4) is 0 Å². The zero-order valence-corrected chi connectivity index (χ0v) is 14.8. The van der Waals surface area contributed by atoms with E-state index in [2.05, 4.69) is 5.32 Å². The Bertz CT molecular complexity index is 788. The normalized spacial score (nSPS) is 11.9. The number of benzene rings is 2. The number of ether oxygens (including phenoxy) is 1. The molecular formula is C15H13Cl3N2O5. The van der Waals surface area contributed by atoms with Crippen LogP contribution < -0.4 is 10.1 Å². The average molecular weight is 408 g/mol. The number of rotatable bonds is 7. The summed E-state index contributed by atoms with van der Waals surface area (Å²) in [6, 6.07) is 7.19. The van der Waals surface area contributed by atoms with Crippen molar-refractivity contribution in [2.24, 2.45) is 0 Å². The molecule has 0 aliphatic rings. The summed E-state index contributed by atoms with van der Waals surface area (Å²) in [6.45, 7) is -0.591. The monoisotopic (exact) mass is 406 g/mol. The van der Waals surface area contributed by atoms with Crippen molar-refractivity contribution in [1.82, 2.24) is 0 Å². The number of hydrogen-bond donors (Lipinski definition) is 3. The van der Waals surface area contributed by atoms with Gasteiger partial charge in [-0.05, 0) is 12.1 Å². The van der Waals surface area contributed by atoms with Crippen LogP contribution in [-0.4, -0.2) is 34.4 Å². The summed E-state index contributed by atoms with van der Waals surface area (Å²) in [5.41, 5.74) is -0.241. The first-order valence-electron chi connectivity index (χ1n) is 6.96. The minimum Gasteiger partial charge on any atom is -0.454 e. The number of nitro groups is 1. The molecule has 2 aromatic rings. The van der Waals surface area contributed by atoms with E-state index < -0.39 is 17.6 Å². The number of halogens is 3. The van der Waals surface area contributed by atoms with E-state index in [4.69, 9.17) is 44.6 Å². The predicted octanol–water partition coefficient (Wildman–Crippen LogP) is 4.11. The third-order valence-corrected chi connectivity index (χ3v) is 4.22. The average Bonchev–Trinajstić information content (AvgIpc) is 2.58. The van der Waals surface area contributed by atoms with Crippen molar-refractivity contribution in [2.45, 2.75) is 6.10 Å². The van der Waals surface area contributed by atoms with Gasteiger partial charge in [-0.3, -0.25) is 10.1 Å². The van der Waals surface area contributed by atoms with Gasteiger partial charge in [0.15, 0.2) is 0 Å². The molecule has 25 heavy (non-hydrogen) atoms. The molecule has 0 saturated heterocycles. The first-order chi connectivity index (χ1) is 11.8. The van der Waals surface area contributed by atoms with Crippen molar-refractivity contribution in [3.8, 4) is 11.5 Å². The van der Waals surface area contributed by atoms with Crippen LogP contribution >= 0.6 is 34.8 Å². The van der Waals surface area contributed by atoms with E-state index in [9.17, 15) is 15.2 Å². The van der Waals surface area contributed by atoms with Gasteiger partial charge in [0, 0.05) is 18.7 Å². The van der Waals surface area contributed by atoms with Crippen LogP contribution in [0.1, 0.15) is 0 Å². The maximum atomic E-state index is 11.2. The highest BCUT2D eigenvalue weighted by molar-refractivity contribution is 6.43. The highest BCUT2D eigenvalue weighted by Gasteiger charge is 2.20. The fraction of sp³-hybridized carbons (Fsp3) is 0.200. The predicted molar refractivity (Wildman–Crippen MR) is 96.2 cm³/mol. The van der Waals surface area contributed by atoms with E-state index in [-0.39, 0.29) is 44.5 Å². The Hall–Kier alpha value is -1.77. The largest absolute Gasteiger partial charge is 0.454 e. The van der Waals surface area contributed by atoms with E-state index in [0.29, 0.717) is 0 Å². The minimum atomic E-state index is -1.08. The Morgan fingerprint density at radius 1 is 1.20 bits per heavy atom. The Balaban J connectivity index is 2.38. The van der Waals surface area contributed by atoms with Crippen LogP contribution in [0.25, 0.3) is 0 Å². The molecule has 2 rings (SSSR count). The lowest BCUT2D eigenvalue weighted by molar-refractivity contribution is -0.384. The lowest BCUT2D eigenvalue weighted by atomic mass is 10.2. The maximum Gasteiger partial charge on any atom is 0.294 e. The van der Waals surface area contributed by atoms with E-state index in [1.165, 1.54) is 6.07 Å². The number of nitrogens with zero attached hydrogens (tertiary/aromatic N) is 1. The van der Waals surface area contributed by atoms with Gasteiger partial charge < -0.3 is 20.3 Å². The molecule has 0 fully saturated rings. The summed E-state index contributed by atoms with van der Waals surface area (Å²) in [6.07, 6.45) is -1.08. The standard InChI is InChI=1S/C15H13Cl3N2O5/c16-9-2-1-3-13(15(9)18)25-14-5-11(19-6-8(22)7-21)12(20(23)24)4-10(14)17/h1-5,8,19,21-22H,6-7H2. The summed E-state index contributed by atoms with van der Waals surface area (Å²) in [4.78, 5) is 10.5. The molecule has 134 valence electrons. The molecule has 1 unspecified atom stereocenters. The third-order valence-electron chi connectivity index (χ3n) is 3.12. The highest BCUT2D eigenvalue weighted by atomic mass is 35.5. The highest BCUT2D eigenvalue weighted by Crippen LogP contribution is 2.41. The Morgan fingerprint density at radius 3 is 2.56 bits per heavy atom. The summed E-state index contributed by atoms with van der Waals surface area (Å²) < 4.78 is 5.61. The molecule has 0 bridgehead atoms. The number of aliphatic hydroxyl groups excluding tert-OH is 2. The molecule has 0 aliphatic carbocycles. The molecule has 0 amide bonds. The van der Waals surface area contributed by atoms with Gasteiger partial charge in [0.1, 0.15) is 22.2 Å². The molecule has 0 spiro atoms. The quantitative estimate of drug-likeness (QED) is 0.471. The molecule has 0 aliphatic heterocycles. The molecular weight excluding hydrogens is 395 g/mol. The zero-order valence-electron chi connectivity index (χ0n) is 12.6. The second-order valence-electron chi connectivity index (χ2n) is 4.93. The van der Waals surface area contributed by atoms with Crippen LogP contribution in [0.2, 0.25) is 15.1 Å². The van der Waals surface area contributed by atoms with E-state index in [1.54, 1.807) is 18.2 Å². The fourth-order valence-electron chi connectivity index (χ4n) is 1.89. The van der Waals surface area contributed by atoms with Gasteiger partial charge in [0.25, 0.3) is 5.69 Å². The zero-order chi connectivity index (χ0) is 18.6. The Morgan fingerprint density at radius 2 is 1.92 bits per heavy atom. The summed E-state index contributed by atoms with van der Waals surface area (Å²) in [5, 5.41) is 32.5. The van der Waals surface area contributed by atoms with Gasteiger partial charge in [-0.1, -0.05) is 40.9 Å². The second kappa shape index (κ2) is 8.55. The van der Waals surface area contributed by atoms with Crippen molar-refractivity contribution in [2.75, 3.05) is 18.5 Å². The van der Waals surface area contributed by atoms with E-state index >= 15 is 0 Å². The second-order valence-corrected chi connectivity index (χ2v) is 6.12. The topological polar surface area (TPSA) is 105 Å².